The summed E-state index contributed by atoms with van der Waals surface area (Å²) in [7, 11) is 0. The molecule has 206 valence electrons. The standard InChI is InChI=1S/C22H39N5O8S/c1-2-3-4-5-6-7-8-18(31)23-15(13-36-12-14(30)10-28)21(34)24-17-9-27(26-25-17)22-20(33)19(32)16(11-29)35-22/h9,14-16,19-20,22,28-30,32-33H,2-8,10-13H2,1H3,(H,23,31)(H,24,34)/t14?,15?,16?,19-,20-,22+/m1/s1. The lowest BCUT2D eigenvalue weighted by molar-refractivity contribution is -0.126. The Kier molecular flexibility index (Phi) is 13.6. The zero-order valence-electron chi connectivity index (χ0n) is 20.5. The zero-order valence-corrected chi connectivity index (χ0v) is 21.3. The van der Waals surface area contributed by atoms with Crippen molar-refractivity contribution in [3.05, 3.63) is 6.20 Å². The molecule has 1 saturated heterocycles. The topological polar surface area (TPSA) is 199 Å². The van der Waals surface area contributed by atoms with E-state index in [4.69, 9.17) is 9.84 Å². The Hall–Kier alpha value is -1.81. The van der Waals surface area contributed by atoms with Crippen molar-refractivity contribution in [1.82, 2.24) is 20.3 Å². The van der Waals surface area contributed by atoms with Gasteiger partial charge in [-0.1, -0.05) is 44.2 Å². The van der Waals surface area contributed by atoms with Crippen LogP contribution in [-0.4, -0.2) is 108 Å². The van der Waals surface area contributed by atoms with Crippen LogP contribution >= 0.6 is 11.8 Å². The van der Waals surface area contributed by atoms with Gasteiger partial charge in [0.15, 0.2) is 12.0 Å². The lowest BCUT2D eigenvalue weighted by Crippen LogP contribution is -2.45. The molecule has 0 aliphatic carbocycles. The van der Waals surface area contributed by atoms with Crippen LogP contribution in [0, 0.1) is 0 Å². The van der Waals surface area contributed by atoms with E-state index in [0.29, 0.717) is 6.42 Å². The highest BCUT2D eigenvalue weighted by Crippen LogP contribution is 2.29. The first-order valence-corrected chi connectivity index (χ1v) is 13.5. The van der Waals surface area contributed by atoms with Gasteiger partial charge in [0.25, 0.3) is 0 Å². The van der Waals surface area contributed by atoms with Gasteiger partial charge in [-0.3, -0.25) is 9.59 Å². The Morgan fingerprint density at radius 2 is 1.86 bits per heavy atom. The van der Waals surface area contributed by atoms with Crippen molar-refractivity contribution in [3.63, 3.8) is 0 Å². The molecule has 6 atom stereocenters. The zero-order chi connectivity index (χ0) is 26.5. The number of rotatable bonds is 17. The third kappa shape index (κ3) is 9.57. The SMILES string of the molecule is CCCCCCCCC(=O)NC(CSCC(O)CO)C(=O)Nc1cn([C@H]2OC(CO)[C@@H](O)[C@H]2O)nn1. The molecule has 36 heavy (non-hydrogen) atoms. The molecule has 1 fully saturated rings. The molecule has 7 N–H and O–H groups in total. The molecule has 0 spiro atoms. The van der Waals surface area contributed by atoms with Gasteiger partial charge in [-0.2, -0.15) is 11.8 Å². The molecule has 0 saturated carbocycles. The minimum absolute atomic E-state index is 0.0355. The highest BCUT2D eigenvalue weighted by Gasteiger charge is 2.44. The largest absolute Gasteiger partial charge is 0.394 e. The molecule has 1 aliphatic rings. The lowest BCUT2D eigenvalue weighted by atomic mass is 10.1. The summed E-state index contributed by atoms with van der Waals surface area (Å²) >= 11 is 1.21. The van der Waals surface area contributed by atoms with E-state index in [0.717, 1.165) is 36.8 Å². The van der Waals surface area contributed by atoms with Gasteiger partial charge in [0, 0.05) is 17.9 Å². The van der Waals surface area contributed by atoms with E-state index in [1.54, 1.807) is 0 Å². The second kappa shape index (κ2) is 16.1. The van der Waals surface area contributed by atoms with E-state index in [-0.39, 0.29) is 23.2 Å². The average Bonchev–Trinajstić information content (AvgIpc) is 3.44. The Morgan fingerprint density at radius 3 is 2.53 bits per heavy atom. The maximum Gasteiger partial charge on any atom is 0.249 e. The fourth-order valence-corrected chi connectivity index (χ4v) is 4.64. The Bertz CT molecular complexity index is 800. The van der Waals surface area contributed by atoms with Gasteiger partial charge >= 0.3 is 0 Å². The van der Waals surface area contributed by atoms with E-state index < -0.39 is 55.8 Å². The number of nitrogens with one attached hydrogen (secondary N) is 2. The third-order valence-corrected chi connectivity index (χ3v) is 6.94. The first-order valence-electron chi connectivity index (χ1n) is 12.3. The van der Waals surface area contributed by atoms with E-state index >= 15 is 0 Å². The molecule has 1 aliphatic heterocycles. The molecule has 1 aromatic rings. The second-order valence-corrected chi connectivity index (χ2v) is 9.89. The van der Waals surface area contributed by atoms with Crippen molar-refractivity contribution in [2.24, 2.45) is 0 Å². The van der Waals surface area contributed by atoms with E-state index in [9.17, 15) is 30.0 Å². The fourth-order valence-electron chi connectivity index (χ4n) is 3.66. The molecule has 0 radical (unpaired) electrons. The van der Waals surface area contributed by atoms with Crippen LogP contribution in [0.2, 0.25) is 0 Å². The summed E-state index contributed by atoms with van der Waals surface area (Å²) in [6, 6.07) is -0.924. The number of ether oxygens (including phenoxy) is 1. The number of anilines is 1. The van der Waals surface area contributed by atoms with Crippen LogP contribution in [0.15, 0.2) is 6.20 Å². The molecule has 2 heterocycles. The normalized spacial score (nSPS) is 23.4. The molecule has 3 unspecified atom stereocenters. The molecule has 2 amide bonds. The minimum atomic E-state index is -1.35. The number of carbonyl (C=O) groups is 2. The first kappa shape index (κ1) is 30.4. The lowest BCUT2D eigenvalue weighted by Gasteiger charge is -2.18. The van der Waals surface area contributed by atoms with E-state index in [1.807, 2.05) is 0 Å². The smallest absolute Gasteiger partial charge is 0.249 e. The van der Waals surface area contributed by atoms with Crippen molar-refractivity contribution in [3.8, 4) is 0 Å². The number of hydrogen-bond acceptors (Lipinski definition) is 11. The number of aliphatic hydroxyl groups is 5. The van der Waals surface area contributed by atoms with Crippen molar-refractivity contribution in [2.45, 2.75) is 88.6 Å². The maximum absolute atomic E-state index is 12.9. The van der Waals surface area contributed by atoms with Gasteiger partial charge in [0.1, 0.15) is 24.4 Å². The van der Waals surface area contributed by atoms with Crippen LogP contribution in [-0.2, 0) is 14.3 Å². The van der Waals surface area contributed by atoms with Crippen LogP contribution in [0.3, 0.4) is 0 Å². The molecule has 0 aromatic carbocycles. The number of unbranched alkanes of at least 4 members (excludes halogenated alkanes) is 5. The quantitative estimate of drug-likeness (QED) is 0.123. The van der Waals surface area contributed by atoms with Gasteiger partial charge < -0.3 is 40.9 Å². The summed E-state index contributed by atoms with van der Waals surface area (Å²) in [6.45, 7) is 1.24. The predicted octanol–water partition coefficient (Wildman–Crippen LogP) is -0.850. The number of amides is 2. The van der Waals surface area contributed by atoms with Crippen molar-refractivity contribution in [1.29, 1.82) is 0 Å². The molecule has 2 rings (SSSR count). The highest BCUT2D eigenvalue weighted by molar-refractivity contribution is 7.99. The van der Waals surface area contributed by atoms with Gasteiger partial charge in [0.05, 0.1) is 25.5 Å². The van der Waals surface area contributed by atoms with Gasteiger partial charge in [0.2, 0.25) is 11.8 Å². The summed E-state index contributed by atoms with van der Waals surface area (Å²) in [5.41, 5.74) is 0. The van der Waals surface area contributed by atoms with Crippen LogP contribution < -0.4 is 10.6 Å². The summed E-state index contributed by atoms with van der Waals surface area (Å²) in [6.07, 6.45) is 2.09. The molecule has 0 bridgehead atoms. The van der Waals surface area contributed by atoms with Gasteiger partial charge in [-0.05, 0) is 6.42 Å². The van der Waals surface area contributed by atoms with E-state index in [1.165, 1.54) is 24.4 Å². The second-order valence-electron chi connectivity index (χ2n) is 8.81. The predicted molar refractivity (Wildman–Crippen MR) is 132 cm³/mol. The Labute approximate surface area is 214 Å². The van der Waals surface area contributed by atoms with Crippen molar-refractivity contribution in [2.75, 3.05) is 30.0 Å². The monoisotopic (exact) mass is 533 g/mol. The van der Waals surface area contributed by atoms with Gasteiger partial charge in [-0.25, -0.2) is 4.68 Å². The highest BCUT2D eigenvalue weighted by atomic mass is 32.2. The summed E-state index contributed by atoms with van der Waals surface area (Å²) in [5, 5.41) is 60.8. The molecule has 14 heteroatoms. The maximum atomic E-state index is 12.9. The number of hydrogen-bond donors (Lipinski definition) is 7. The number of nitrogens with zero attached hydrogens (tertiary/aromatic N) is 3. The molecule has 13 nitrogen and oxygen atoms in total. The molecular formula is C22H39N5O8S. The Morgan fingerprint density at radius 1 is 1.14 bits per heavy atom. The summed E-state index contributed by atoms with van der Waals surface area (Å²) in [4.78, 5) is 25.4. The number of aromatic nitrogens is 3. The Balaban J connectivity index is 1.94. The number of thioether (sulfide) groups is 1. The minimum Gasteiger partial charge on any atom is -0.394 e. The van der Waals surface area contributed by atoms with Crippen LogP contribution in [0.25, 0.3) is 0 Å². The fraction of sp³-hybridized carbons (Fsp3) is 0.818. The average molecular weight is 534 g/mol. The number of aliphatic hydroxyl groups excluding tert-OH is 5. The van der Waals surface area contributed by atoms with E-state index in [2.05, 4.69) is 27.9 Å². The number of carbonyl (C=O) groups excluding carboxylic acids is 2. The summed E-state index contributed by atoms with van der Waals surface area (Å²) in [5.74, 6) is -0.425. The summed E-state index contributed by atoms with van der Waals surface area (Å²) < 4.78 is 6.51. The molecule has 1 aromatic heterocycles. The van der Waals surface area contributed by atoms with Crippen LogP contribution in [0.4, 0.5) is 5.82 Å². The van der Waals surface area contributed by atoms with Crippen molar-refractivity contribution < 1.29 is 39.9 Å². The van der Waals surface area contributed by atoms with Crippen LogP contribution in [0.1, 0.15) is 58.1 Å². The molecular weight excluding hydrogens is 494 g/mol. The third-order valence-electron chi connectivity index (χ3n) is 5.75. The van der Waals surface area contributed by atoms with Crippen LogP contribution in [0.5, 0.6) is 0 Å². The first-order chi connectivity index (χ1) is 17.3. The van der Waals surface area contributed by atoms with Crippen molar-refractivity contribution >= 4 is 29.4 Å². The van der Waals surface area contributed by atoms with Gasteiger partial charge in [-0.15, -0.1) is 5.10 Å².